The minimum absolute atomic E-state index is 0.135. The molecule has 0 amide bonds. The standard InChI is InChI=1S/C10H15F3N2O2S/c1-9(16,6-14-3-4-17-2)7-5-15-8(18-7)10(11,12)13/h5,14,16H,3-4,6H2,1-2H3. The smallest absolute Gasteiger partial charge is 0.383 e. The average molecular weight is 284 g/mol. The molecule has 0 bridgehead atoms. The summed E-state index contributed by atoms with van der Waals surface area (Å²) in [7, 11) is 1.54. The van der Waals surface area contributed by atoms with Crippen molar-refractivity contribution in [2.75, 3.05) is 26.8 Å². The molecule has 0 radical (unpaired) electrons. The van der Waals surface area contributed by atoms with Gasteiger partial charge in [0, 0.05) is 26.4 Å². The molecule has 0 aliphatic heterocycles. The van der Waals surface area contributed by atoms with E-state index in [1.807, 2.05) is 0 Å². The van der Waals surface area contributed by atoms with Crippen molar-refractivity contribution in [3.63, 3.8) is 0 Å². The van der Waals surface area contributed by atoms with Crippen LogP contribution in [0.2, 0.25) is 0 Å². The molecule has 1 heterocycles. The lowest BCUT2D eigenvalue weighted by Crippen LogP contribution is -2.36. The summed E-state index contributed by atoms with van der Waals surface area (Å²) in [6, 6.07) is 0. The van der Waals surface area contributed by atoms with Crippen LogP contribution in [0.15, 0.2) is 6.20 Å². The summed E-state index contributed by atoms with van der Waals surface area (Å²) < 4.78 is 41.9. The third-order valence-corrected chi connectivity index (χ3v) is 3.53. The Bertz CT molecular complexity index is 379. The number of rotatable bonds is 6. The Balaban J connectivity index is 2.64. The van der Waals surface area contributed by atoms with Crippen LogP contribution in [0, 0.1) is 0 Å². The van der Waals surface area contributed by atoms with Crippen LogP contribution in [0.5, 0.6) is 0 Å². The molecule has 1 unspecified atom stereocenters. The fraction of sp³-hybridized carbons (Fsp3) is 0.700. The second-order valence-electron chi connectivity index (χ2n) is 3.97. The summed E-state index contributed by atoms with van der Waals surface area (Å²) in [5.41, 5.74) is -1.38. The number of ether oxygens (including phenoxy) is 1. The van der Waals surface area contributed by atoms with E-state index in [-0.39, 0.29) is 11.4 Å². The molecular formula is C10H15F3N2O2S. The van der Waals surface area contributed by atoms with Gasteiger partial charge in [-0.1, -0.05) is 0 Å². The lowest BCUT2D eigenvalue weighted by Gasteiger charge is -2.21. The third kappa shape index (κ3) is 4.20. The van der Waals surface area contributed by atoms with Crippen LogP contribution in [0.3, 0.4) is 0 Å². The third-order valence-electron chi connectivity index (χ3n) is 2.23. The Morgan fingerprint density at radius 3 is 2.67 bits per heavy atom. The quantitative estimate of drug-likeness (QED) is 0.779. The molecule has 0 saturated heterocycles. The number of thiazole rings is 1. The zero-order chi connectivity index (χ0) is 13.8. The lowest BCUT2D eigenvalue weighted by molar-refractivity contribution is -0.137. The van der Waals surface area contributed by atoms with Gasteiger partial charge < -0.3 is 15.2 Å². The normalized spacial score (nSPS) is 15.7. The number of alkyl halides is 3. The fourth-order valence-electron chi connectivity index (χ4n) is 1.25. The first kappa shape index (κ1) is 15.4. The number of nitrogens with one attached hydrogen (secondary N) is 1. The highest BCUT2D eigenvalue weighted by molar-refractivity contribution is 7.11. The van der Waals surface area contributed by atoms with E-state index in [9.17, 15) is 18.3 Å². The zero-order valence-electron chi connectivity index (χ0n) is 10.0. The van der Waals surface area contributed by atoms with Gasteiger partial charge in [0.1, 0.15) is 5.60 Å². The van der Waals surface area contributed by atoms with E-state index in [2.05, 4.69) is 10.3 Å². The predicted molar refractivity (Wildman–Crippen MR) is 61.4 cm³/mol. The van der Waals surface area contributed by atoms with Crippen LogP contribution in [0.4, 0.5) is 13.2 Å². The van der Waals surface area contributed by atoms with Crippen LogP contribution in [0.1, 0.15) is 16.8 Å². The number of nitrogens with zero attached hydrogens (tertiary/aromatic N) is 1. The van der Waals surface area contributed by atoms with Gasteiger partial charge >= 0.3 is 6.18 Å². The molecule has 1 aromatic heterocycles. The molecule has 0 spiro atoms. The van der Waals surface area contributed by atoms with Gasteiger partial charge in [0.2, 0.25) is 0 Å². The van der Waals surface area contributed by atoms with Gasteiger partial charge in [0.15, 0.2) is 5.01 Å². The largest absolute Gasteiger partial charge is 0.443 e. The molecule has 2 N–H and O–H groups in total. The maximum absolute atomic E-state index is 12.4. The van der Waals surface area contributed by atoms with Crippen molar-refractivity contribution in [1.29, 1.82) is 0 Å². The lowest BCUT2D eigenvalue weighted by atomic mass is 10.1. The summed E-state index contributed by atoms with van der Waals surface area (Å²) in [5, 5.41) is 12.0. The van der Waals surface area contributed by atoms with Crippen molar-refractivity contribution in [2.24, 2.45) is 0 Å². The minimum Gasteiger partial charge on any atom is -0.383 e. The maximum Gasteiger partial charge on any atom is 0.443 e. The summed E-state index contributed by atoms with van der Waals surface area (Å²) in [5.74, 6) is 0. The number of aromatic nitrogens is 1. The molecule has 1 atom stereocenters. The number of hydrogen-bond donors (Lipinski definition) is 2. The molecule has 1 rings (SSSR count). The van der Waals surface area contributed by atoms with Crippen molar-refractivity contribution in [1.82, 2.24) is 10.3 Å². The van der Waals surface area contributed by atoms with E-state index in [0.717, 1.165) is 6.20 Å². The van der Waals surface area contributed by atoms with Gasteiger partial charge in [0.25, 0.3) is 0 Å². The first-order valence-electron chi connectivity index (χ1n) is 5.23. The first-order chi connectivity index (χ1) is 8.27. The van der Waals surface area contributed by atoms with E-state index < -0.39 is 16.8 Å². The predicted octanol–water partition coefficient (Wildman–Crippen LogP) is 1.61. The Hall–Kier alpha value is -0.700. The molecule has 1 aromatic rings. The summed E-state index contributed by atoms with van der Waals surface area (Å²) in [6.07, 6.45) is -3.41. The van der Waals surface area contributed by atoms with Crippen LogP contribution in [-0.4, -0.2) is 36.9 Å². The Labute approximate surface area is 107 Å². The molecule has 0 fully saturated rings. The van der Waals surface area contributed by atoms with Gasteiger partial charge in [-0.15, -0.1) is 11.3 Å². The minimum atomic E-state index is -4.47. The topological polar surface area (TPSA) is 54.4 Å². The monoisotopic (exact) mass is 284 g/mol. The Morgan fingerprint density at radius 2 is 2.17 bits per heavy atom. The number of aliphatic hydroxyl groups is 1. The Morgan fingerprint density at radius 1 is 1.50 bits per heavy atom. The highest BCUT2D eigenvalue weighted by Crippen LogP contribution is 2.35. The molecule has 104 valence electrons. The second-order valence-corrected chi connectivity index (χ2v) is 5.00. The van der Waals surface area contributed by atoms with Crippen molar-refractivity contribution >= 4 is 11.3 Å². The van der Waals surface area contributed by atoms with E-state index in [4.69, 9.17) is 4.74 Å². The molecule has 0 aliphatic rings. The van der Waals surface area contributed by atoms with Gasteiger partial charge in [-0.2, -0.15) is 13.2 Å². The molecule has 0 aromatic carbocycles. The van der Waals surface area contributed by atoms with Crippen LogP contribution in [0.25, 0.3) is 0 Å². The van der Waals surface area contributed by atoms with Crippen molar-refractivity contribution in [2.45, 2.75) is 18.7 Å². The second kappa shape index (κ2) is 5.96. The van der Waals surface area contributed by atoms with Gasteiger partial charge in [-0.3, -0.25) is 0 Å². The molecule has 8 heteroatoms. The highest BCUT2D eigenvalue weighted by atomic mass is 32.1. The average Bonchev–Trinajstić information content (AvgIpc) is 2.73. The van der Waals surface area contributed by atoms with Gasteiger partial charge in [-0.05, 0) is 6.92 Å². The van der Waals surface area contributed by atoms with E-state index in [1.165, 1.54) is 6.92 Å². The van der Waals surface area contributed by atoms with E-state index >= 15 is 0 Å². The van der Waals surface area contributed by atoms with Crippen molar-refractivity contribution in [3.05, 3.63) is 16.1 Å². The molecule has 4 nitrogen and oxygen atoms in total. The van der Waals surface area contributed by atoms with E-state index in [0.29, 0.717) is 24.5 Å². The van der Waals surface area contributed by atoms with Gasteiger partial charge in [-0.25, -0.2) is 4.98 Å². The summed E-state index contributed by atoms with van der Waals surface area (Å²) in [6.45, 7) is 2.56. The molecule has 0 aliphatic carbocycles. The summed E-state index contributed by atoms with van der Waals surface area (Å²) >= 11 is 0.453. The number of hydrogen-bond acceptors (Lipinski definition) is 5. The van der Waals surface area contributed by atoms with Crippen molar-refractivity contribution < 1.29 is 23.0 Å². The van der Waals surface area contributed by atoms with Crippen LogP contribution >= 0.6 is 11.3 Å². The maximum atomic E-state index is 12.4. The zero-order valence-corrected chi connectivity index (χ0v) is 10.9. The number of methoxy groups -OCH3 is 1. The molecule has 18 heavy (non-hydrogen) atoms. The van der Waals surface area contributed by atoms with Crippen LogP contribution < -0.4 is 5.32 Å². The SMILES string of the molecule is COCCNCC(C)(O)c1cnc(C(F)(F)F)s1. The highest BCUT2D eigenvalue weighted by Gasteiger charge is 2.37. The van der Waals surface area contributed by atoms with Crippen molar-refractivity contribution in [3.8, 4) is 0 Å². The number of halogens is 3. The molecule has 0 saturated carbocycles. The first-order valence-corrected chi connectivity index (χ1v) is 6.04. The molecular weight excluding hydrogens is 269 g/mol. The Kier molecular flexibility index (Phi) is 5.09. The fourth-order valence-corrected chi connectivity index (χ4v) is 2.07. The van der Waals surface area contributed by atoms with Gasteiger partial charge in [0.05, 0.1) is 11.5 Å². The summed E-state index contributed by atoms with van der Waals surface area (Å²) in [4.78, 5) is 3.46. The van der Waals surface area contributed by atoms with E-state index in [1.54, 1.807) is 7.11 Å². The van der Waals surface area contributed by atoms with Crippen LogP contribution in [-0.2, 0) is 16.5 Å².